The Hall–Kier alpha value is -0.310. The average molecular weight is 293 g/mol. The third-order valence-electron chi connectivity index (χ3n) is 1.48. The molecule has 12 heavy (non-hydrogen) atoms. The topological polar surface area (TPSA) is 49.8 Å². The van der Waals surface area contributed by atoms with E-state index in [-0.39, 0.29) is 0 Å². The summed E-state index contributed by atoms with van der Waals surface area (Å²) >= 11 is 7.94. The molecule has 0 unspecified atom stereocenters. The fourth-order valence-corrected chi connectivity index (χ4v) is 1.75. The number of nitriles is 1. The van der Waals surface area contributed by atoms with Crippen molar-refractivity contribution in [3.8, 4) is 6.07 Å². The van der Waals surface area contributed by atoms with Crippen LogP contribution in [0.15, 0.2) is 12.1 Å². The molecule has 0 radical (unpaired) electrons. The second-order valence-corrected chi connectivity index (χ2v) is 3.81. The Morgan fingerprint density at radius 1 is 1.58 bits per heavy atom. The summed E-state index contributed by atoms with van der Waals surface area (Å²) in [5.41, 5.74) is 6.93. The highest BCUT2D eigenvalue weighted by molar-refractivity contribution is 14.1. The van der Waals surface area contributed by atoms with Crippen molar-refractivity contribution in [2.24, 2.45) is 5.73 Å². The first-order valence-electron chi connectivity index (χ1n) is 3.27. The van der Waals surface area contributed by atoms with Gasteiger partial charge in [-0.15, -0.1) is 0 Å². The smallest absolute Gasteiger partial charge is 0.101 e. The first-order valence-corrected chi connectivity index (χ1v) is 4.72. The number of hydrogen-bond acceptors (Lipinski definition) is 2. The first-order chi connectivity index (χ1) is 5.69. The SMILES string of the molecule is N#Cc1cc(I)c(CN)cc1Cl. The van der Waals surface area contributed by atoms with Gasteiger partial charge in [-0.3, -0.25) is 0 Å². The van der Waals surface area contributed by atoms with Crippen molar-refractivity contribution >= 4 is 34.2 Å². The van der Waals surface area contributed by atoms with E-state index in [1.165, 1.54) is 0 Å². The largest absolute Gasteiger partial charge is 0.326 e. The molecule has 1 rings (SSSR count). The molecule has 0 spiro atoms. The van der Waals surface area contributed by atoms with E-state index >= 15 is 0 Å². The lowest BCUT2D eigenvalue weighted by atomic mass is 10.1. The number of rotatable bonds is 1. The van der Waals surface area contributed by atoms with Crippen molar-refractivity contribution in [3.05, 3.63) is 31.9 Å². The molecule has 2 N–H and O–H groups in total. The van der Waals surface area contributed by atoms with E-state index in [1.807, 2.05) is 6.07 Å². The molecule has 0 aromatic heterocycles. The van der Waals surface area contributed by atoms with Gasteiger partial charge >= 0.3 is 0 Å². The van der Waals surface area contributed by atoms with E-state index in [1.54, 1.807) is 12.1 Å². The van der Waals surface area contributed by atoms with Crippen molar-refractivity contribution in [1.82, 2.24) is 0 Å². The van der Waals surface area contributed by atoms with Crippen molar-refractivity contribution in [2.45, 2.75) is 6.54 Å². The van der Waals surface area contributed by atoms with Crippen molar-refractivity contribution < 1.29 is 0 Å². The Kier molecular flexibility index (Phi) is 3.32. The molecule has 1 aromatic rings. The van der Waals surface area contributed by atoms with E-state index in [4.69, 9.17) is 22.6 Å². The van der Waals surface area contributed by atoms with Gasteiger partial charge < -0.3 is 5.73 Å². The standard InChI is InChI=1S/C8H6ClIN2/c9-7-1-6(4-12)8(10)2-5(7)3-11/h1-2H,4,12H2. The molecule has 0 amide bonds. The normalized spacial score (nSPS) is 9.50. The van der Waals surface area contributed by atoms with Gasteiger partial charge in [0.1, 0.15) is 6.07 Å². The maximum atomic E-state index is 8.64. The fraction of sp³-hybridized carbons (Fsp3) is 0.125. The van der Waals surface area contributed by atoms with Crippen LogP contribution >= 0.6 is 34.2 Å². The van der Waals surface area contributed by atoms with E-state index in [0.29, 0.717) is 17.1 Å². The molecule has 0 heterocycles. The van der Waals surface area contributed by atoms with Crippen LogP contribution in [0.2, 0.25) is 5.02 Å². The van der Waals surface area contributed by atoms with Gasteiger partial charge in [-0.25, -0.2) is 0 Å². The van der Waals surface area contributed by atoms with Crippen LogP contribution in [0.5, 0.6) is 0 Å². The second-order valence-electron chi connectivity index (χ2n) is 2.24. The van der Waals surface area contributed by atoms with Gasteiger partial charge in [-0.05, 0) is 40.3 Å². The quantitative estimate of drug-likeness (QED) is 0.807. The molecule has 0 aliphatic heterocycles. The molecule has 2 nitrogen and oxygen atoms in total. The van der Waals surface area contributed by atoms with Gasteiger partial charge in [0.25, 0.3) is 0 Å². The maximum absolute atomic E-state index is 8.64. The molecule has 62 valence electrons. The number of nitrogens with zero attached hydrogens (tertiary/aromatic N) is 1. The number of hydrogen-bond donors (Lipinski definition) is 1. The number of halogens is 2. The van der Waals surface area contributed by atoms with Gasteiger partial charge in [-0.1, -0.05) is 11.6 Å². The van der Waals surface area contributed by atoms with Crippen molar-refractivity contribution in [1.29, 1.82) is 5.26 Å². The molecule has 0 atom stereocenters. The molecule has 0 aliphatic carbocycles. The first kappa shape index (κ1) is 9.78. The predicted octanol–water partition coefficient (Wildman–Crippen LogP) is 2.27. The summed E-state index contributed by atoms with van der Waals surface area (Å²) in [7, 11) is 0. The van der Waals surface area contributed by atoms with Crippen LogP contribution in [0.25, 0.3) is 0 Å². The lowest BCUT2D eigenvalue weighted by Gasteiger charge is -2.02. The summed E-state index contributed by atoms with van der Waals surface area (Å²) in [5, 5.41) is 9.11. The fourth-order valence-electron chi connectivity index (χ4n) is 0.830. The molecule has 0 saturated heterocycles. The molecule has 0 saturated carbocycles. The summed E-state index contributed by atoms with van der Waals surface area (Å²) in [6.45, 7) is 0.448. The number of benzene rings is 1. The zero-order valence-electron chi connectivity index (χ0n) is 6.14. The average Bonchev–Trinajstić information content (AvgIpc) is 2.08. The van der Waals surface area contributed by atoms with E-state index in [9.17, 15) is 0 Å². The molecule has 0 aliphatic rings. The van der Waals surface area contributed by atoms with Crippen molar-refractivity contribution in [3.63, 3.8) is 0 Å². The van der Waals surface area contributed by atoms with Crippen LogP contribution in [0.4, 0.5) is 0 Å². The number of nitrogens with two attached hydrogens (primary N) is 1. The lowest BCUT2D eigenvalue weighted by Crippen LogP contribution is -1.99. The summed E-state index contributed by atoms with van der Waals surface area (Å²) in [6, 6.07) is 5.49. The zero-order valence-corrected chi connectivity index (χ0v) is 9.06. The summed E-state index contributed by atoms with van der Waals surface area (Å²) in [5.74, 6) is 0. The molecule has 4 heteroatoms. The van der Waals surface area contributed by atoms with Gasteiger partial charge in [0.05, 0.1) is 10.6 Å². The molecule has 1 aromatic carbocycles. The third kappa shape index (κ3) is 1.89. The Morgan fingerprint density at radius 3 is 2.75 bits per heavy atom. The van der Waals surface area contributed by atoms with Crippen molar-refractivity contribution in [2.75, 3.05) is 0 Å². The lowest BCUT2D eigenvalue weighted by molar-refractivity contribution is 1.06. The van der Waals surface area contributed by atoms with Gasteiger partial charge in [0.15, 0.2) is 0 Å². The van der Waals surface area contributed by atoms with Crippen LogP contribution in [0.1, 0.15) is 11.1 Å². The minimum absolute atomic E-state index is 0.448. The summed E-state index contributed by atoms with van der Waals surface area (Å²) in [6.07, 6.45) is 0. The molecule has 0 bridgehead atoms. The van der Waals surface area contributed by atoms with Crippen LogP contribution in [-0.4, -0.2) is 0 Å². The Morgan fingerprint density at radius 2 is 2.25 bits per heavy atom. The molecule has 0 fully saturated rings. The molecular formula is C8H6ClIN2. The Bertz CT molecular complexity index is 343. The summed E-state index contributed by atoms with van der Waals surface area (Å²) in [4.78, 5) is 0. The van der Waals surface area contributed by atoms with Gasteiger partial charge in [0.2, 0.25) is 0 Å². The minimum Gasteiger partial charge on any atom is -0.326 e. The van der Waals surface area contributed by atoms with E-state index in [2.05, 4.69) is 22.6 Å². The van der Waals surface area contributed by atoms with Gasteiger partial charge in [-0.2, -0.15) is 5.26 Å². The summed E-state index contributed by atoms with van der Waals surface area (Å²) < 4.78 is 0.982. The highest BCUT2D eigenvalue weighted by atomic mass is 127. The van der Waals surface area contributed by atoms with Crippen LogP contribution < -0.4 is 5.73 Å². The van der Waals surface area contributed by atoms with Crippen LogP contribution in [0.3, 0.4) is 0 Å². The second kappa shape index (κ2) is 4.08. The predicted molar refractivity (Wildman–Crippen MR) is 56.8 cm³/mol. The van der Waals surface area contributed by atoms with Gasteiger partial charge in [0, 0.05) is 10.1 Å². The minimum atomic E-state index is 0.448. The van der Waals surface area contributed by atoms with Crippen LogP contribution in [0, 0.1) is 14.9 Å². The Labute approximate surface area is 89.5 Å². The zero-order chi connectivity index (χ0) is 9.14. The van der Waals surface area contributed by atoms with Crippen LogP contribution in [-0.2, 0) is 6.54 Å². The maximum Gasteiger partial charge on any atom is 0.101 e. The monoisotopic (exact) mass is 292 g/mol. The highest BCUT2D eigenvalue weighted by Crippen LogP contribution is 2.21. The Balaban J connectivity index is 3.28. The highest BCUT2D eigenvalue weighted by Gasteiger charge is 2.04. The third-order valence-corrected chi connectivity index (χ3v) is 2.79. The van der Waals surface area contributed by atoms with E-state index < -0.39 is 0 Å². The van der Waals surface area contributed by atoms with E-state index in [0.717, 1.165) is 9.13 Å². The molecular weight excluding hydrogens is 286 g/mol.